The van der Waals surface area contributed by atoms with Crippen molar-refractivity contribution in [2.45, 2.75) is 27.7 Å². The number of fused-ring (bicyclic) bond motifs is 12. The standard InChI is InChI=1S/3C31H23N.C25H19N/c1-22-11-8-14-24(21-22)27-18-10-20-29-28-19-9-17-26(23-12-4-2-5-13-23)30(28)32(31(27)29)25-15-6-3-7-16-25;1-22-18-20-24(21-19-22)27-15-9-17-29-28-16-8-14-26(23-10-4-2-5-11-23)30(28)32(31(27)29)25-12-6-3-7-13-25;1-22-12-8-9-17-25(22)27-19-11-21-29-28-20-10-18-26(23-13-4-2-5-14-23)30(28)32(31(27)29)24-15-6-3-7-16-24;1-18-10-12-19(13-11-18)20-14-16-21(17-15-20)26-24-8-4-2-6-22(24)23-7-3-5-9-25(23)26/h3*2-21H,1H3;2-17H,1H3. The van der Waals surface area contributed by atoms with E-state index in [0.29, 0.717) is 0 Å². The van der Waals surface area contributed by atoms with Crippen molar-refractivity contribution in [3.05, 3.63) is 483 Å². The van der Waals surface area contributed by atoms with Gasteiger partial charge >= 0.3 is 0 Å². The lowest BCUT2D eigenvalue weighted by Gasteiger charge is -2.14. The summed E-state index contributed by atoms with van der Waals surface area (Å²) in [5.74, 6) is 0. The van der Waals surface area contributed by atoms with Crippen LogP contribution in [0.25, 0.3) is 188 Å². The topological polar surface area (TPSA) is 19.7 Å². The van der Waals surface area contributed by atoms with E-state index in [1.165, 1.54) is 210 Å². The summed E-state index contributed by atoms with van der Waals surface area (Å²) < 4.78 is 9.70. The summed E-state index contributed by atoms with van der Waals surface area (Å²) in [5, 5.41) is 10.3. The van der Waals surface area contributed by atoms with Crippen LogP contribution in [0.3, 0.4) is 0 Å². The SMILES string of the molecule is Cc1ccc(-c2ccc(-n3c4ccccc4c4ccccc43)cc2)cc1.Cc1ccc(-c2cccc3c4cccc(-c5ccccc5)c4n(-c4ccccc4)c23)cc1.Cc1cccc(-c2cccc3c4cccc(-c5ccccc5)c4n(-c4ccccc4)c23)c1.Cc1ccccc1-c1cccc2c3cccc(-c4ccccc4)c3n(-c3ccccc3)c12. The Morgan fingerprint density at radius 1 is 0.139 bits per heavy atom. The van der Waals surface area contributed by atoms with E-state index in [2.05, 4.69) is 507 Å². The molecule has 0 aliphatic carbocycles. The van der Waals surface area contributed by atoms with E-state index in [0.717, 1.165) is 0 Å². The number of nitrogens with zero attached hydrogens (tertiary/aromatic N) is 4. The molecule has 19 aromatic carbocycles. The minimum absolute atomic E-state index is 1.18. The fourth-order valence-electron chi connectivity index (χ4n) is 18.3. The fraction of sp³-hybridized carbons (Fsp3) is 0.0339. The monoisotopic (exact) mass is 1560 g/mol. The normalized spacial score (nSPS) is 11.3. The molecule has 0 amide bonds. The van der Waals surface area contributed by atoms with E-state index in [1.807, 2.05) is 0 Å². The minimum Gasteiger partial charge on any atom is -0.309 e. The molecule has 0 unspecified atom stereocenters. The Balaban J connectivity index is 0.000000104. The molecule has 580 valence electrons. The van der Waals surface area contributed by atoms with E-state index in [9.17, 15) is 0 Å². The zero-order valence-electron chi connectivity index (χ0n) is 68.7. The Hall–Kier alpha value is -15.6. The minimum atomic E-state index is 1.18. The second-order valence-corrected chi connectivity index (χ2v) is 31.7. The van der Waals surface area contributed by atoms with Gasteiger partial charge in [-0.3, -0.25) is 0 Å². The van der Waals surface area contributed by atoms with Gasteiger partial charge in [-0.15, -0.1) is 0 Å². The van der Waals surface area contributed by atoms with Gasteiger partial charge in [0.15, 0.2) is 0 Å². The van der Waals surface area contributed by atoms with Crippen molar-refractivity contribution in [2.24, 2.45) is 0 Å². The van der Waals surface area contributed by atoms with Crippen LogP contribution < -0.4 is 0 Å². The molecule has 4 heteroatoms. The predicted molar refractivity (Wildman–Crippen MR) is 520 cm³/mol. The van der Waals surface area contributed by atoms with Gasteiger partial charge in [-0.25, -0.2) is 0 Å². The maximum Gasteiger partial charge on any atom is 0.0619 e. The van der Waals surface area contributed by atoms with E-state index in [-0.39, 0.29) is 0 Å². The molecule has 0 N–H and O–H groups in total. The second-order valence-electron chi connectivity index (χ2n) is 31.7. The summed E-state index contributed by atoms with van der Waals surface area (Å²) in [6.45, 7) is 8.61. The molecule has 23 aromatic rings. The zero-order chi connectivity index (χ0) is 82.0. The molecule has 0 radical (unpaired) electrons. The second kappa shape index (κ2) is 33.1. The van der Waals surface area contributed by atoms with Crippen LogP contribution in [-0.4, -0.2) is 18.3 Å². The summed E-state index contributed by atoms with van der Waals surface area (Å²) in [7, 11) is 0. The Morgan fingerprint density at radius 2 is 0.385 bits per heavy atom. The first kappa shape index (κ1) is 75.1. The number of rotatable bonds is 11. The maximum atomic E-state index is 2.45. The third kappa shape index (κ3) is 14.1. The summed E-state index contributed by atoms with van der Waals surface area (Å²) in [4.78, 5) is 0. The highest BCUT2D eigenvalue weighted by Crippen LogP contribution is 2.47. The lowest BCUT2D eigenvalue weighted by Crippen LogP contribution is -1.97. The van der Waals surface area contributed by atoms with E-state index in [1.54, 1.807) is 0 Å². The molecule has 0 saturated carbocycles. The van der Waals surface area contributed by atoms with Gasteiger partial charge in [-0.1, -0.05) is 417 Å². The maximum absolute atomic E-state index is 2.45. The first-order valence-corrected chi connectivity index (χ1v) is 42.1. The van der Waals surface area contributed by atoms with Gasteiger partial charge in [0.25, 0.3) is 0 Å². The summed E-state index contributed by atoms with van der Waals surface area (Å²) in [5.41, 5.74) is 37.3. The van der Waals surface area contributed by atoms with E-state index >= 15 is 0 Å². The lowest BCUT2D eigenvalue weighted by atomic mass is 9.98. The van der Waals surface area contributed by atoms with Crippen LogP contribution in [0.5, 0.6) is 0 Å². The molecule has 0 fully saturated rings. The van der Waals surface area contributed by atoms with Crippen LogP contribution in [0.2, 0.25) is 0 Å². The number of para-hydroxylation sites is 11. The van der Waals surface area contributed by atoms with Crippen LogP contribution >= 0.6 is 0 Å². The fourth-order valence-corrected chi connectivity index (χ4v) is 18.3. The average molecular weight is 1560 g/mol. The molecule has 4 aromatic heterocycles. The lowest BCUT2D eigenvalue weighted by molar-refractivity contribution is 1.18. The van der Waals surface area contributed by atoms with Gasteiger partial charge in [0.2, 0.25) is 0 Å². The van der Waals surface area contributed by atoms with Gasteiger partial charge in [-0.2, -0.15) is 0 Å². The third-order valence-electron chi connectivity index (χ3n) is 23.9. The van der Waals surface area contributed by atoms with Crippen molar-refractivity contribution in [1.29, 1.82) is 0 Å². The summed E-state index contributed by atoms with van der Waals surface area (Å²) >= 11 is 0. The molecule has 0 spiro atoms. The van der Waals surface area contributed by atoms with E-state index < -0.39 is 0 Å². The molecule has 0 atom stereocenters. The van der Waals surface area contributed by atoms with Gasteiger partial charge < -0.3 is 18.3 Å². The zero-order valence-corrected chi connectivity index (χ0v) is 68.7. The largest absolute Gasteiger partial charge is 0.309 e. The van der Waals surface area contributed by atoms with Gasteiger partial charge in [0, 0.05) is 99.2 Å². The van der Waals surface area contributed by atoms with Crippen LogP contribution in [0, 0.1) is 27.7 Å². The van der Waals surface area contributed by atoms with Crippen LogP contribution in [-0.2, 0) is 0 Å². The number of hydrogen-bond donors (Lipinski definition) is 0. The number of benzene rings is 19. The highest BCUT2D eigenvalue weighted by molar-refractivity contribution is 6.20. The third-order valence-corrected chi connectivity index (χ3v) is 23.9. The van der Waals surface area contributed by atoms with Crippen molar-refractivity contribution in [1.82, 2.24) is 18.3 Å². The Kier molecular flexibility index (Phi) is 20.4. The average Bonchev–Trinajstić information content (AvgIpc) is 1.58. The van der Waals surface area contributed by atoms with Crippen LogP contribution in [0.1, 0.15) is 22.3 Å². The number of aromatic nitrogens is 4. The number of hydrogen-bond acceptors (Lipinski definition) is 0. The molecular weight excluding hydrogens is 1470 g/mol. The molecule has 0 saturated heterocycles. The van der Waals surface area contributed by atoms with Gasteiger partial charge in [-0.05, 0) is 138 Å². The van der Waals surface area contributed by atoms with Crippen molar-refractivity contribution in [3.8, 4) is 101 Å². The van der Waals surface area contributed by atoms with Gasteiger partial charge in [0.05, 0.1) is 44.1 Å². The van der Waals surface area contributed by atoms with Crippen molar-refractivity contribution < 1.29 is 0 Å². The highest BCUT2D eigenvalue weighted by atomic mass is 15.0. The molecular formula is C118H88N4. The Labute approximate surface area is 712 Å². The molecule has 0 bridgehead atoms. The highest BCUT2D eigenvalue weighted by Gasteiger charge is 2.24. The van der Waals surface area contributed by atoms with E-state index in [4.69, 9.17) is 0 Å². The number of aryl methyl sites for hydroxylation is 4. The summed E-state index contributed by atoms with van der Waals surface area (Å²) in [6.07, 6.45) is 0. The first-order chi connectivity index (χ1) is 60.3. The summed E-state index contributed by atoms with van der Waals surface area (Å²) in [6, 6.07) is 165. The first-order valence-electron chi connectivity index (χ1n) is 42.1. The molecule has 0 aliphatic rings. The molecule has 122 heavy (non-hydrogen) atoms. The molecule has 4 heterocycles. The van der Waals surface area contributed by atoms with Crippen LogP contribution in [0.4, 0.5) is 0 Å². The Morgan fingerprint density at radius 3 is 0.746 bits per heavy atom. The smallest absolute Gasteiger partial charge is 0.0619 e. The van der Waals surface area contributed by atoms with Crippen LogP contribution in [0.15, 0.2) is 461 Å². The molecule has 4 nitrogen and oxygen atoms in total. The van der Waals surface area contributed by atoms with Crippen molar-refractivity contribution in [2.75, 3.05) is 0 Å². The van der Waals surface area contributed by atoms with Gasteiger partial charge in [0.1, 0.15) is 0 Å². The van der Waals surface area contributed by atoms with Crippen molar-refractivity contribution >= 4 is 87.2 Å². The predicted octanol–water partition coefficient (Wildman–Crippen LogP) is 32.0. The van der Waals surface area contributed by atoms with Crippen molar-refractivity contribution in [3.63, 3.8) is 0 Å². The Bertz CT molecular complexity index is 7650. The molecule has 0 aliphatic heterocycles. The molecule has 23 rings (SSSR count). The quantitative estimate of drug-likeness (QED) is 0.123.